The van der Waals surface area contributed by atoms with Crippen LogP contribution in [0.25, 0.3) is 0 Å². The predicted octanol–water partition coefficient (Wildman–Crippen LogP) is 3.61. The number of hydrogen-bond donors (Lipinski definition) is 1. The highest BCUT2D eigenvalue weighted by Crippen LogP contribution is 2.34. The molecule has 0 amide bonds. The highest BCUT2D eigenvalue weighted by atomic mass is 19.4. The van der Waals surface area contributed by atoms with Crippen LogP contribution in [0.1, 0.15) is 30.5 Å². The lowest BCUT2D eigenvalue weighted by atomic mass is 10.0. The van der Waals surface area contributed by atoms with Gasteiger partial charge < -0.3 is 10.1 Å². The summed E-state index contributed by atoms with van der Waals surface area (Å²) in [4.78, 5) is 0. The third-order valence-electron chi connectivity index (χ3n) is 2.62. The van der Waals surface area contributed by atoms with Gasteiger partial charge in [0, 0.05) is 11.6 Å². The van der Waals surface area contributed by atoms with Crippen molar-refractivity contribution in [3.8, 4) is 5.75 Å². The van der Waals surface area contributed by atoms with E-state index in [2.05, 4.69) is 5.32 Å². The molecule has 0 aliphatic carbocycles. The number of benzene rings is 1. The van der Waals surface area contributed by atoms with Gasteiger partial charge in [0.05, 0.1) is 13.0 Å². The Hall–Kier alpha value is -1.23. The van der Waals surface area contributed by atoms with Gasteiger partial charge in [-0.05, 0) is 27.0 Å². The first-order valence-electron chi connectivity index (χ1n) is 5.84. The van der Waals surface area contributed by atoms with Crippen molar-refractivity contribution < 1.29 is 17.9 Å². The number of nitrogens with one attached hydrogen (secondary N) is 1. The molecule has 0 radical (unpaired) electrons. The van der Waals surface area contributed by atoms with Crippen LogP contribution >= 0.6 is 0 Å². The van der Waals surface area contributed by atoms with E-state index in [1.165, 1.54) is 7.05 Å². The standard InChI is InChI=1S/C13H18F3NO/c1-4-18-12-6-5-9(2)7-10(12)11(17-3)8-13(14,15)16/h5-7,11,17H,4,8H2,1-3H3. The fraction of sp³-hybridized carbons (Fsp3) is 0.538. The number of hydrogen-bond acceptors (Lipinski definition) is 2. The minimum atomic E-state index is -4.21. The summed E-state index contributed by atoms with van der Waals surface area (Å²) < 4.78 is 42.9. The van der Waals surface area contributed by atoms with Crippen molar-refractivity contribution in [3.05, 3.63) is 29.3 Å². The molecule has 0 saturated carbocycles. The maximum atomic E-state index is 12.5. The summed E-state index contributed by atoms with van der Waals surface area (Å²) in [5.41, 5.74) is 1.47. The van der Waals surface area contributed by atoms with E-state index in [1.54, 1.807) is 12.1 Å². The van der Waals surface area contributed by atoms with Crippen LogP contribution in [0.4, 0.5) is 13.2 Å². The summed E-state index contributed by atoms with van der Waals surface area (Å²) in [6.07, 6.45) is -5.12. The fourth-order valence-corrected chi connectivity index (χ4v) is 1.83. The van der Waals surface area contributed by atoms with E-state index in [4.69, 9.17) is 4.74 Å². The minimum absolute atomic E-state index is 0.429. The zero-order chi connectivity index (χ0) is 13.8. The van der Waals surface area contributed by atoms with Crippen LogP contribution in [0.2, 0.25) is 0 Å². The molecular formula is C13H18F3NO. The molecule has 0 heterocycles. The molecule has 0 aliphatic heterocycles. The lowest BCUT2D eigenvalue weighted by Gasteiger charge is -2.21. The SMILES string of the molecule is CCOc1ccc(C)cc1C(CC(F)(F)F)NC. The largest absolute Gasteiger partial charge is 0.494 e. The summed E-state index contributed by atoms with van der Waals surface area (Å²) >= 11 is 0. The number of alkyl halides is 3. The number of rotatable bonds is 5. The van der Waals surface area contributed by atoms with Gasteiger partial charge in [-0.2, -0.15) is 13.2 Å². The van der Waals surface area contributed by atoms with Gasteiger partial charge in [-0.1, -0.05) is 17.7 Å². The third kappa shape index (κ3) is 4.22. The lowest BCUT2D eigenvalue weighted by Crippen LogP contribution is -2.24. The molecule has 1 N–H and O–H groups in total. The van der Waals surface area contributed by atoms with Crippen molar-refractivity contribution >= 4 is 0 Å². The van der Waals surface area contributed by atoms with E-state index in [9.17, 15) is 13.2 Å². The molecule has 1 atom stereocenters. The second kappa shape index (κ2) is 6.09. The van der Waals surface area contributed by atoms with E-state index in [0.717, 1.165) is 5.56 Å². The van der Waals surface area contributed by atoms with Crippen molar-refractivity contribution in [1.82, 2.24) is 5.32 Å². The van der Waals surface area contributed by atoms with E-state index in [-0.39, 0.29) is 0 Å². The summed E-state index contributed by atoms with van der Waals surface area (Å²) in [6.45, 7) is 4.08. The summed E-state index contributed by atoms with van der Waals surface area (Å²) in [5, 5.41) is 2.70. The number of halogens is 3. The quantitative estimate of drug-likeness (QED) is 0.874. The Morgan fingerprint density at radius 3 is 2.50 bits per heavy atom. The van der Waals surface area contributed by atoms with E-state index in [1.807, 2.05) is 19.9 Å². The van der Waals surface area contributed by atoms with Crippen molar-refractivity contribution in [2.24, 2.45) is 0 Å². The Labute approximate surface area is 105 Å². The maximum Gasteiger partial charge on any atom is 0.390 e. The highest BCUT2D eigenvalue weighted by Gasteiger charge is 2.33. The van der Waals surface area contributed by atoms with Crippen molar-refractivity contribution in [2.75, 3.05) is 13.7 Å². The van der Waals surface area contributed by atoms with Crippen molar-refractivity contribution in [1.29, 1.82) is 0 Å². The lowest BCUT2D eigenvalue weighted by molar-refractivity contribution is -0.140. The molecule has 1 aromatic rings. The Kier molecular flexibility index (Phi) is 5.02. The predicted molar refractivity (Wildman–Crippen MR) is 64.8 cm³/mol. The first kappa shape index (κ1) is 14.8. The molecule has 1 rings (SSSR count). The maximum absolute atomic E-state index is 12.5. The average Bonchev–Trinajstić information content (AvgIpc) is 2.27. The van der Waals surface area contributed by atoms with Gasteiger partial charge in [-0.25, -0.2) is 0 Å². The molecule has 1 unspecified atom stereocenters. The van der Waals surface area contributed by atoms with Gasteiger partial charge in [0.2, 0.25) is 0 Å². The molecule has 18 heavy (non-hydrogen) atoms. The molecule has 0 saturated heterocycles. The number of ether oxygens (including phenoxy) is 1. The molecule has 0 bridgehead atoms. The Bertz CT molecular complexity index is 390. The summed E-state index contributed by atoms with van der Waals surface area (Å²) in [6, 6.07) is 4.49. The van der Waals surface area contributed by atoms with E-state index in [0.29, 0.717) is 17.9 Å². The zero-order valence-electron chi connectivity index (χ0n) is 10.8. The molecule has 0 spiro atoms. The van der Waals surface area contributed by atoms with Gasteiger partial charge in [-0.15, -0.1) is 0 Å². The minimum Gasteiger partial charge on any atom is -0.494 e. The fourth-order valence-electron chi connectivity index (χ4n) is 1.83. The van der Waals surface area contributed by atoms with Gasteiger partial charge in [0.15, 0.2) is 0 Å². The summed E-state index contributed by atoms with van der Waals surface area (Å²) in [7, 11) is 1.52. The second-order valence-corrected chi connectivity index (χ2v) is 4.13. The molecule has 1 aromatic carbocycles. The Morgan fingerprint density at radius 1 is 1.33 bits per heavy atom. The van der Waals surface area contributed by atoms with Gasteiger partial charge in [-0.3, -0.25) is 0 Å². The molecule has 0 fully saturated rings. The topological polar surface area (TPSA) is 21.3 Å². The van der Waals surface area contributed by atoms with E-state index >= 15 is 0 Å². The van der Waals surface area contributed by atoms with Gasteiger partial charge >= 0.3 is 6.18 Å². The molecule has 2 nitrogen and oxygen atoms in total. The van der Waals surface area contributed by atoms with Crippen LogP contribution in [0.15, 0.2) is 18.2 Å². The van der Waals surface area contributed by atoms with Crippen molar-refractivity contribution in [2.45, 2.75) is 32.5 Å². The van der Waals surface area contributed by atoms with Crippen molar-refractivity contribution in [3.63, 3.8) is 0 Å². The molecule has 0 aliphatic rings. The van der Waals surface area contributed by atoms with Crippen LogP contribution in [-0.2, 0) is 0 Å². The van der Waals surface area contributed by atoms with Gasteiger partial charge in [0.1, 0.15) is 5.75 Å². The first-order chi connectivity index (χ1) is 8.37. The van der Waals surface area contributed by atoms with Crippen LogP contribution in [0.5, 0.6) is 5.75 Å². The van der Waals surface area contributed by atoms with E-state index < -0.39 is 18.6 Å². The summed E-state index contributed by atoms with van der Waals surface area (Å²) in [5.74, 6) is 0.506. The second-order valence-electron chi connectivity index (χ2n) is 4.13. The smallest absolute Gasteiger partial charge is 0.390 e. The normalized spacial score (nSPS) is 13.4. The van der Waals surface area contributed by atoms with Crippen LogP contribution in [-0.4, -0.2) is 19.8 Å². The first-order valence-corrected chi connectivity index (χ1v) is 5.84. The molecule has 0 aromatic heterocycles. The van der Waals surface area contributed by atoms with Gasteiger partial charge in [0.25, 0.3) is 0 Å². The molecule has 102 valence electrons. The highest BCUT2D eigenvalue weighted by molar-refractivity contribution is 5.39. The Balaban J connectivity index is 3.06. The third-order valence-corrected chi connectivity index (χ3v) is 2.62. The van der Waals surface area contributed by atoms with Crippen LogP contribution in [0, 0.1) is 6.92 Å². The molecular weight excluding hydrogens is 243 g/mol. The zero-order valence-corrected chi connectivity index (χ0v) is 10.8. The Morgan fingerprint density at radius 2 is 2.00 bits per heavy atom. The number of aryl methyl sites for hydroxylation is 1. The molecule has 5 heteroatoms. The average molecular weight is 261 g/mol. The van der Waals surface area contributed by atoms with Crippen LogP contribution in [0.3, 0.4) is 0 Å². The van der Waals surface area contributed by atoms with Crippen LogP contribution < -0.4 is 10.1 Å². The monoisotopic (exact) mass is 261 g/mol.